The van der Waals surface area contributed by atoms with Gasteiger partial charge in [-0.05, 0) is 30.2 Å². The van der Waals surface area contributed by atoms with Crippen molar-refractivity contribution in [2.75, 3.05) is 7.11 Å². The Kier molecular flexibility index (Phi) is 3.55. The minimum Gasteiger partial charge on any atom is -0.497 e. The number of aromatic nitrogens is 1. The molecule has 0 aliphatic carbocycles. The van der Waals surface area contributed by atoms with Crippen LogP contribution >= 0.6 is 0 Å². The molecule has 0 amide bonds. The Morgan fingerprint density at radius 3 is 2.83 bits per heavy atom. The van der Waals surface area contributed by atoms with Crippen molar-refractivity contribution in [2.24, 2.45) is 0 Å². The fourth-order valence-electron chi connectivity index (χ4n) is 2.22. The van der Waals surface area contributed by atoms with E-state index in [0.29, 0.717) is 0 Å². The molecular weight excluding hydrogens is 230 g/mol. The summed E-state index contributed by atoms with van der Waals surface area (Å²) in [5.41, 5.74) is 2.12. The van der Waals surface area contributed by atoms with Crippen LogP contribution in [0.3, 0.4) is 0 Å². The average Bonchev–Trinajstić information content (AvgIpc) is 2.67. The molecule has 0 saturated carbocycles. The van der Waals surface area contributed by atoms with Crippen LogP contribution in [0.2, 0.25) is 0 Å². The van der Waals surface area contributed by atoms with Gasteiger partial charge in [0.05, 0.1) is 7.11 Å². The Morgan fingerprint density at radius 2 is 2.22 bits per heavy atom. The molecule has 0 radical (unpaired) electrons. The van der Waals surface area contributed by atoms with Gasteiger partial charge in [0.1, 0.15) is 12.3 Å². The summed E-state index contributed by atoms with van der Waals surface area (Å²) in [7, 11) is 1.63. The monoisotopic (exact) mass is 247 g/mol. The fraction of sp³-hybridized carbons (Fsp3) is 0.357. The van der Waals surface area contributed by atoms with E-state index < -0.39 is 5.97 Å². The van der Waals surface area contributed by atoms with Crippen molar-refractivity contribution in [1.29, 1.82) is 0 Å². The molecule has 0 aliphatic heterocycles. The molecule has 0 fully saturated rings. The van der Waals surface area contributed by atoms with E-state index in [4.69, 9.17) is 9.84 Å². The zero-order valence-corrected chi connectivity index (χ0v) is 10.6. The number of hydrogen-bond acceptors (Lipinski definition) is 2. The Hall–Kier alpha value is -1.97. The van der Waals surface area contributed by atoms with E-state index in [1.54, 1.807) is 11.7 Å². The maximum atomic E-state index is 10.9. The quantitative estimate of drug-likeness (QED) is 0.883. The number of benzene rings is 1. The maximum Gasteiger partial charge on any atom is 0.323 e. The summed E-state index contributed by atoms with van der Waals surface area (Å²) in [6, 6.07) is 5.74. The molecule has 96 valence electrons. The van der Waals surface area contributed by atoms with Crippen molar-refractivity contribution < 1.29 is 14.6 Å². The summed E-state index contributed by atoms with van der Waals surface area (Å²) in [5.74, 6) is -0.0290. The van der Waals surface area contributed by atoms with E-state index in [0.717, 1.165) is 29.5 Å². The number of hydrogen-bond donors (Lipinski definition) is 1. The van der Waals surface area contributed by atoms with Crippen LogP contribution in [0.25, 0.3) is 10.9 Å². The molecule has 4 heteroatoms. The normalized spacial score (nSPS) is 10.8. The van der Waals surface area contributed by atoms with Crippen LogP contribution in [0.5, 0.6) is 5.75 Å². The van der Waals surface area contributed by atoms with Gasteiger partial charge in [-0.15, -0.1) is 0 Å². The summed E-state index contributed by atoms with van der Waals surface area (Å²) < 4.78 is 7.00. The predicted octanol–water partition coefficient (Wildman–Crippen LogP) is 2.69. The molecule has 0 saturated heterocycles. The highest BCUT2D eigenvalue weighted by Gasteiger charge is 2.11. The fourth-order valence-corrected chi connectivity index (χ4v) is 2.22. The first-order chi connectivity index (χ1) is 8.65. The first-order valence-corrected chi connectivity index (χ1v) is 6.03. The standard InChI is InChI=1S/C14H17NO3/c1-3-4-10-8-15(9-14(16)17)13-6-5-11(18-2)7-12(10)13/h5-8H,3-4,9H2,1-2H3,(H,16,17). The lowest BCUT2D eigenvalue weighted by Crippen LogP contribution is -2.07. The van der Waals surface area contributed by atoms with Gasteiger partial charge in [-0.2, -0.15) is 0 Å². The molecule has 0 bridgehead atoms. The van der Waals surface area contributed by atoms with Crippen LogP contribution < -0.4 is 4.74 Å². The molecule has 1 aromatic heterocycles. The number of ether oxygens (including phenoxy) is 1. The molecule has 2 rings (SSSR count). The van der Waals surface area contributed by atoms with Crippen molar-refractivity contribution in [3.8, 4) is 5.75 Å². The zero-order chi connectivity index (χ0) is 13.1. The van der Waals surface area contributed by atoms with E-state index in [-0.39, 0.29) is 6.54 Å². The van der Waals surface area contributed by atoms with Crippen LogP contribution in [0.4, 0.5) is 0 Å². The van der Waals surface area contributed by atoms with E-state index in [1.807, 2.05) is 24.4 Å². The molecule has 0 atom stereocenters. The van der Waals surface area contributed by atoms with Crippen LogP contribution in [0.1, 0.15) is 18.9 Å². The van der Waals surface area contributed by atoms with Gasteiger partial charge in [-0.25, -0.2) is 0 Å². The molecule has 18 heavy (non-hydrogen) atoms. The number of aliphatic carboxylic acids is 1. The Balaban J connectivity index is 2.56. The third-order valence-electron chi connectivity index (χ3n) is 3.00. The topological polar surface area (TPSA) is 51.5 Å². The number of nitrogens with zero attached hydrogens (tertiary/aromatic N) is 1. The number of methoxy groups -OCH3 is 1. The highest BCUT2D eigenvalue weighted by atomic mass is 16.5. The van der Waals surface area contributed by atoms with Gasteiger partial charge in [0.25, 0.3) is 0 Å². The summed E-state index contributed by atoms with van der Waals surface area (Å²) in [4.78, 5) is 10.9. The lowest BCUT2D eigenvalue weighted by Gasteiger charge is -2.03. The number of aryl methyl sites for hydroxylation is 1. The number of fused-ring (bicyclic) bond motifs is 1. The molecule has 0 aliphatic rings. The molecule has 1 aromatic carbocycles. The first kappa shape index (κ1) is 12.5. The lowest BCUT2D eigenvalue weighted by atomic mass is 10.1. The number of carbonyl (C=O) groups is 1. The second-order valence-corrected chi connectivity index (χ2v) is 4.31. The molecule has 1 heterocycles. The van der Waals surface area contributed by atoms with Gasteiger partial charge in [0, 0.05) is 17.1 Å². The summed E-state index contributed by atoms with van der Waals surface area (Å²) >= 11 is 0. The number of carboxylic acids is 1. The molecule has 1 N–H and O–H groups in total. The summed E-state index contributed by atoms with van der Waals surface area (Å²) in [6.45, 7) is 2.10. The molecule has 0 unspecified atom stereocenters. The Bertz CT molecular complexity index is 572. The van der Waals surface area contributed by atoms with Crippen molar-refractivity contribution in [3.63, 3.8) is 0 Å². The van der Waals surface area contributed by atoms with Gasteiger partial charge < -0.3 is 14.4 Å². The number of rotatable bonds is 5. The minimum atomic E-state index is -0.828. The maximum absolute atomic E-state index is 10.9. The van der Waals surface area contributed by atoms with Gasteiger partial charge in [-0.3, -0.25) is 4.79 Å². The first-order valence-electron chi connectivity index (χ1n) is 6.03. The molecule has 2 aromatic rings. The Morgan fingerprint density at radius 1 is 1.44 bits per heavy atom. The molecular formula is C14H17NO3. The SMILES string of the molecule is CCCc1cn(CC(=O)O)c2ccc(OC)cc12. The smallest absolute Gasteiger partial charge is 0.323 e. The third kappa shape index (κ3) is 2.32. The van der Waals surface area contributed by atoms with E-state index in [1.165, 1.54) is 5.56 Å². The highest BCUT2D eigenvalue weighted by Crippen LogP contribution is 2.26. The summed E-state index contributed by atoms with van der Waals surface area (Å²) in [6.07, 6.45) is 3.90. The largest absolute Gasteiger partial charge is 0.497 e. The van der Waals surface area contributed by atoms with Crippen molar-refractivity contribution in [3.05, 3.63) is 30.0 Å². The molecule has 4 nitrogen and oxygen atoms in total. The minimum absolute atomic E-state index is 0.00740. The highest BCUT2D eigenvalue weighted by molar-refractivity contribution is 5.86. The van der Waals surface area contributed by atoms with E-state index in [2.05, 4.69) is 6.92 Å². The van der Waals surface area contributed by atoms with Gasteiger partial charge in [-0.1, -0.05) is 13.3 Å². The van der Waals surface area contributed by atoms with Gasteiger partial charge in [0.15, 0.2) is 0 Å². The zero-order valence-electron chi connectivity index (χ0n) is 10.6. The second kappa shape index (κ2) is 5.12. The van der Waals surface area contributed by atoms with Crippen LogP contribution in [-0.2, 0) is 17.8 Å². The third-order valence-corrected chi connectivity index (χ3v) is 3.00. The van der Waals surface area contributed by atoms with E-state index >= 15 is 0 Å². The Labute approximate surface area is 106 Å². The van der Waals surface area contributed by atoms with Crippen LogP contribution in [0, 0.1) is 0 Å². The van der Waals surface area contributed by atoms with Gasteiger partial charge >= 0.3 is 5.97 Å². The van der Waals surface area contributed by atoms with Crippen LogP contribution in [0.15, 0.2) is 24.4 Å². The predicted molar refractivity (Wildman–Crippen MR) is 70.1 cm³/mol. The lowest BCUT2D eigenvalue weighted by molar-refractivity contribution is -0.137. The van der Waals surface area contributed by atoms with Crippen molar-refractivity contribution >= 4 is 16.9 Å². The number of carboxylic acid groups (broad SMARTS) is 1. The van der Waals surface area contributed by atoms with E-state index in [9.17, 15) is 4.79 Å². The van der Waals surface area contributed by atoms with Crippen molar-refractivity contribution in [1.82, 2.24) is 4.57 Å². The second-order valence-electron chi connectivity index (χ2n) is 4.31. The average molecular weight is 247 g/mol. The van der Waals surface area contributed by atoms with Crippen molar-refractivity contribution in [2.45, 2.75) is 26.3 Å². The molecule has 0 spiro atoms. The summed E-state index contributed by atoms with van der Waals surface area (Å²) in [5, 5.41) is 10.0. The van der Waals surface area contributed by atoms with Gasteiger partial charge in [0.2, 0.25) is 0 Å². The van der Waals surface area contributed by atoms with Crippen LogP contribution in [-0.4, -0.2) is 22.8 Å².